The molecule has 0 aromatic heterocycles. The van der Waals surface area contributed by atoms with E-state index >= 15 is 0 Å². The average Bonchev–Trinajstić information content (AvgIpc) is 3.43. The molecule has 69 heavy (non-hydrogen) atoms. The molecule has 0 radical (unpaired) electrons. The van der Waals surface area contributed by atoms with Crippen LogP contribution in [0.5, 0.6) is 0 Å². The number of hydrogen-bond donors (Lipinski definition) is 0. The minimum Gasteiger partial charge on any atom is -0.311 e. The van der Waals surface area contributed by atoms with Crippen LogP contribution in [0.2, 0.25) is 0 Å². The fraction of sp³-hybridized carbons (Fsp3) is 0.0746. The molecule has 0 bridgehead atoms. The molecule has 1 atom stereocenters. The van der Waals surface area contributed by atoms with E-state index in [1.54, 1.807) is 0 Å². The Hall–Kier alpha value is -8.46. The summed E-state index contributed by atoms with van der Waals surface area (Å²) in [4.78, 5) is 4.72. The lowest BCUT2D eigenvalue weighted by molar-refractivity contribution is 0.597. The van der Waals surface area contributed by atoms with Gasteiger partial charge in [0.25, 0.3) is 0 Å². The van der Waals surface area contributed by atoms with Crippen molar-refractivity contribution in [2.45, 2.75) is 31.6 Å². The molecule has 2 heteroatoms. The fourth-order valence-corrected chi connectivity index (χ4v) is 10.1. The molecule has 11 rings (SSSR count). The third-order valence-electron chi connectivity index (χ3n) is 13.7. The summed E-state index contributed by atoms with van der Waals surface area (Å²) in [6, 6.07) is 85.7. The number of rotatable bonds is 12. The molecule has 2 aliphatic carbocycles. The van der Waals surface area contributed by atoms with Gasteiger partial charge in [0.15, 0.2) is 0 Å². The van der Waals surface area contributed by atoms with Crippen LogP contribution in [-0.4, -0.2) is 0 Å². The minimum absolute atomic E-state index is 0.235. The van der Waals surface area contributed by atoms with Gasteiger partial charge in [-0.3, -0.25) is 0 Å². The maximum absolute atomic E-state index is 2.43. The van der Waals surface area contributed by atoms with Crippen LogP contribution in [0.15, 0.2) is 279 Å². The number of allylic oxidation sites excluding steroid dienone is 7. The van der Waals surface area contributed by atoms with Crippen LogP contribution in [0.3, 0.4) is 0 Å². The number of para-hydroxylation sites is 2. The van der Waals surface area contributed by atoms with E-state index in [1.165, 1.54) is 66.9 Å². The number of hydrogen-bond acceptors (Lipinski definition) is 2. The van der Waals surface area contributed by atoms with Crippen molar-refractivity contribution in [2.24, 2.45) is 0 Å². The van der Waals surface area contributed by atoms with E-state index in [1.807, 2.05) is 0 Å². The molecule has 0 spiro atoms. The summed E-state index contributed by atoms with van der Waals surface area (Å²) in [6.07, 6.45) is 17.1. The quantitative estimate of drug-likeness (QED) is 0.121. The zero-order valence-electron chi connectivity index (χ0n) is 39.0. The molecule has 1 unspecified atom stereocenters. The molecule has 0 heterocycles. The fourth-order valence-electron chi connectivity index (χ4n) is 10.1. The third kappa shape index (κ3) is 8.93. The summed E-state index contributed by atoms with van der Waals surface area (Å²) in [7, 11) is 0. The van der Waals surface area contributed by atoms with Gasteiger partial charge >= 0.3 is 0 Å². The molecule has 2 nitrogen and oxygen atoms in total. The summed E-state index contributed by atoms with van der Waals surface area (Å²) in [5.41, 5.74) is 20.1. The lowest BCUT2D eigenvalue weighted by Gasteiger charge is -2.34. The smallest absolute Gasteiger partial charge is 0.0462 e. The van der Waals surface area contributed by atoms with Crippen LogP contribution in [-0.2, 0) is 5.41 Å². The first-order chi connectivity index (χ1) is 34.1. The third-order valence-corrected chi connectivity index (χ3v) is 13.7. The average molecular weight is 887 g/mol. The molecule has 9 aromatic carbocycles. The lowest BCUT2D eigenvalue weighted by Crippen LogP contribution is -2.25. The molecule has 332 valence electrons. The van der Waals surface area contributed by atoms with Gasteiger partial charge in [0.05, 0.1) is 0 Å². The highest BCUT2D eigenvalue weighted by Gasteiger charge is 2.30. The predicted molar refractivity (Wildman–Crippen MR) is 293 cm³/mol. The molecule has 0 saturated heterocycles. The Labute approximate surface area is 407 Å². The highest BCUT2D eigenvalue weighted by Crippen LogP contribution is 2.46. The molecule has 0 aliphatic heterocycles. The molecule has 9 aromatic rings. The second-order valence-corrected chi connectivity index (χ2v) is 18.2. The molecule has 2 aliphatic rings. The number of anilines is 5. The summed E-state index contributed by atoms with van der Waals surface area (Å²) in [5, 5.41) is 0. The van der Waals surface area contributed by atoms with E-state index < -0.39 is 0 Å². The number of benzene rings is 9. The van der Waals surface area contributed by atoms with E-state index in [4.69, 9.17) is 0 Å². The highest BCUT2D eigenvalue weighted by atomic mass is 15.1. The first kappa shape index (κ1) is 43.1. The van der Waals surface area contributed by atoms with E-state index in [-0.39, 0.29) is 5.41 Å². The summed E-state index contributed by atoms with van der Waals surface area (Å²) >= 11 is 0. The zero-order valence-corrected chi connectivity index (χ0v) is 39.0. The Balaban J connectivity index is 0.902. The van der Waals surface area contributed by atoms with Gasteiger partial charge in [-0.25, -0.2) is 0 Å². The van der Waals surface area contributed by atoms with E-state index in [0.29, 0.717) is 0 Å². The molecule has 0 fully saturated rings. The van der Waals surface area contributed by atoms with Gasteiger partial charge in [-0.05, 0) is 147 Å². The zero-order chi connectivity index (χ0) is 46.4. The summed E-state index contributed by atoms with van der Waals surface area (Å²) in [6.45, 7) is 2.39. The van der Waals surface area contributed by atoms with Gasteiger partial charge < -0.3 is 9.80 Å². The minimum atomic E-state index is -0.235. The number of nitrogens with zero attached hydrogens (tertiary/aromatic N) is 2. The van der Waals surface area contributed by atoms with Gasteiger partial charge in [0.1, 0.15) is 0 Å². The van der Waals surface area contributed by atoms with E-state index in [2.05, 4.69) is 290 Å². The SMILES string of the molecule is CC1(c2ccccc2-c2ccccc2-c2ccccc2-c2ccc(N(c3ccccc3)c3ccc(-c4ccccc4)cc3)cc2)C=CC(N(c2ccccc2)c2ccc(C3=CCCC=C3)cc2)=CC1. The Morgan fingerprint density at radius 3 is 1.33 bits per heavy atom. The second-order valence-electron chi connectivity index (χ2n) is 18.2. The van der Waals surface area contributed by atoms with Crippen LogP contribution in [0.1, 0.15) is 37.3 Å². The van der Waals surface area contributed by atoms with Gasteiger partial charge in [-0.1, -0.05) is 213 Å². The maximum Gasteiger partial charge on any atom is 0.0462 e. The van der Waals surface area contributed by atoms with Crippen LogP contribution in [0, 0.1) is 0 Å². The Bertz CT molecular complexity index is 3330. The van der Waals surface area contributed by atoms with Gasteiger partial charge in [-0.2, -0.15) is 0 Å². The predicted octanol–water partition coefficient (Wildman–Crippen LogP) is 18.5. The van der Waals surface area contributed by atoms with Crippen LogP contribution >= 0.6 is 0 Å². The van der Waals surface area contributed by atoms with Crippen molar-refractivity contribution in [1.29, 1.82) is 0 Å². The van der Waals surface area contributed by atoms with Gasteiger partial charge in [0, 0.05) is 39.5 Å². The molecule has 0 saturated carbocycles. The standard InChI is InChI=1S/C67H54N2/c1-67(48-46-60(47-49-67)69(56-26-12-5-13-27-56)58-42-36-53(37-43-58)51-22-8-3-9-23-51)66-33-19-18-32-65(66)64-31-17-16-30-63(64)62-29-15-14-28-61(62)54-38-44-59(45-39-54)68(55-24-10-4-11-25-55)57-40-34-52(35-41-57)50-20-6-2-7-21-50/h2,4-8,10-48H,3,9,49H2,1H3. The van der Waals surface area contributed by atoms with Crippen molar-refractivity contribution in [3.05, 3.63) is 290 Å². The van der Waals surface area contributed by atoms with Crippen molar-refractivity contribution >= 4 is 34.0 Å². The summed E-state index contributed by atoms with van der Waals surface area (Å²) in [5.74, 6) is 0. The Morgan fingerprint density at radius 1 is 0.333 bits per heavy atom. The van der Waals surface area contributed by atoms with Crippen LogP contribution < -0.4 is 9.80 Å². The van der Waals surface area contributed by atoms with E-state index in [9.17, 15) is 0 Å². The van der Waals surface area contributed by atoms with Crippen molar-refractivity contribution < 1.29 is 0 Å². The van der Waals surface area contributed by atoms with Gasteiger partial charge in [0.2, 0.25) is 0 Å². The normalized spacial score (nSPS) is 15.3. The largest absolute Gasteiger partial charge is 0.311 e. The van der Waals surface area contributed by atoms with Crippen molar-refractivity contribution in [1.82, 2.24) is 0 Å². The van der Waals surface area contributed by atoms with Gasteiger partial charge in [-0.15, -0.1) is 0 Å². The second kappa shape index (κ2) is 19.4. The monoisotopic (exact) mass is 886 g/mol. The Morgan fingerprint density at radius 2 is 0.768 bits per heavy atom. The molecule has 0 N–H and O–H groups in total. The molecular formula is C67H54N2. The molecule has 0 amide bonds. The first-order valence-electron chi connectivity index (χ1n) is 24.2. The maximum atomic E-state index is 2.43. The van der Waals surface area contributed by atoms with Crippen molar-refractivity contribution in [2.75, 3.05) is 9.80 Å². The summed E-state index contributed by atoms with van der Waals surface area (Å²) < 4.78 is 0. The van der Waals surface area contributed by atoms with Crippen molar-refractivity contribution in [3.8, 4) is 44.5 Å². The van der Waals surface area contributed by atoms with Crippen molar-refractivity contribution in [3.63, 3.8) is 0 Å². The topological polar surface area (TPSA) is 6.48 Å². The van der Waals surface area contributed by atoms with E-state index in [0.717, 1.165) is 47.7 Å². The Kier molecular flexibility index (Phi) is 12.1. The van der Waals surface area contributed by atoms with Crippen LogP contribution in [0.25, 0.3) is 50.1 Å². The lowest BCUT2D eigenvalue weighted by atomic mass is 9.73. The van der Waals surface area contributed by atoms with Crippen LogP contribution in [0.4, 0.5) is 28.4 Å². The highest BCUT2D eigenvalue weighted by molar-refractivity contribution is 5.93. The first-order valence-corrected chi connectivity index (χ1v) is 24.2. The molecular weight excluding hydrogens is 833 g/mol.